The van der Waals surface area contributed by atoms with E-state index in [-0.39, 0.29) is 0 Å². The zero-order valence-corrected chi connectivity index (χ0v) is 34.7. The maximum atomic E-state index is 2.68. The number of nitrogens with zero attached hydrogens (tertiary/aromatic N) is 4. The van der Waals surface area contributed by atoms with Crippen LogP contribution in [0.1, 0.15) is 38.9 Å². The Morgan fingerprint density at radius 2 is 0.424 bits per heavy atom. The molecule has 0 aliphatic heterocycles. The molecule has 0 aromatic heterocycles. The number of benzene rings is 7. The normalized spacial score (nSPS) is 11.7. The van der Waals surface area contributed by atoms with Crippen LogP contribution in [0.5, 0.6) is 0 Å². The van der Waals surface area contributed by atoms with Crippen molar-refractivity contribution in [2.24, 2.45) is 0 Å². The van der Waals surface area contributed by atoms with E-state index in [2.05, 4.69) is 227 Å². The lowest BCUT2D eigenvalue weighted by Crippen LogP contribution is -2.56. The number of hydrogen-bond acceptors (Lipinski definition) is 3. The highest BCUT2D eigenvalue weighted by Crippen LogP contribution is 2.21. The highest BCUT2D eigenvalue weighted by molar-refractivity contribution is 5.20. The second-order valence-corrected chi connectivity index (χ2v) is 16.2. The van der Waals surface area contributed by atoms with Gasteiger partial charge in [0, 0.05) is 64.5 Å². The molecule has 0 atom stereocenters. The summed E-state index contributed by atoms with van der Waals surface area (Å²) in [7, 11) is 0. The third-order valence-corrected chi connectivity index (χ3v) is 11.5. The molecule has 0 spiro atoms. The van der Waals surface area contributed by atoms with Crippen molar-refractivity contribution in [3.63, 3.8) is 0 Å². The molecule has 300 valence electrons. The quantitative estimate of drug-likeness (QED) is 0.0599. The molecule has 0 bridgehead atoms. The van der Waals surface area contributed by atoms with Crippen LogP contribution >= 0.6 is 0 Å². The van der Waals surface area contributed by atoms with Crippen LogP contribution in [-0.2, 0) is 45.8 Å². The first-order chi connectivity index (χ1) is 29.2. The van der Waals surface area contributed by atoms with Gasteiger partial charge in [-0.15, -0.1) is 0 Å². The van der Waals surface area contributed by atoms with Gasteiger partial charge in [0.1, 0.15) is 6.54 Å². The second kappa shape index (κ2) is 22.5. The molecule has 0 amide bonds. The van der Waals surface area contributed by atoms with E-state index >= 15 is 0 Å². The maximum absolute atomic E-state index is 2.68. The number of rotatable bonds is 23. The topological polar surface area (TPSA) is 9.72 Å². The van der Waals surface area contributed by atoms with Crippen molar-refractivity contribution in [3.8, 4) is 0 Å². The fourth-order valence-electron chi connectivity index (χ4n) is 8.30. The third kappa shape index (κ3) is 14.0. The zero-order valence-electron chi connectivity index (χ0n) is 34.7. The Kier molecular flexibility index (Phi) is 15.8. The molecule has 4 nitrogen and oxygen atoms in total. The Hall–Kier alpha value is -5.62. The molecule has 4 heteroatoms. The van der Waals surface area contributed by atoms with Crippen molar-refractivity contribution in [1.29, 1.82) is 0 Å². The summed E-state index contributed by atoms with van der Waals surface area (Å²) in [6.07, 6.45) is 0. The molecule has 0 aliphatic rings. The van der Waals surface area contributed by atoms with Crippen LogP contribution in [-0.4, -0.2) is 58.5 Å². The van der Waals surface area contributed by atoms with Crippen LogP contribution in [0.25, 0.3) is 0 Å². The van der Waals surface area contributed by atoms with Gasteiger partial charge in [-0.05, 0) is 33.4 Å². The summed E-state index contributed by atoms with van der Waals surface area (Å²) in [5.74, 6) is 0. The summed E-state index contributed by atoms with van der Waals surface area (Å²) in [5, 5.41) is 0. The first-order valence-corrected chi connectivity index (χ1v) is 21.5. The summed E-state index contributed by atoms with van der Waals surface area (Å²) in [6, 6.07) is 77.5. The number of hydrogen-bond donors (Lipinski definition) is 0. The fourth-order valence-corrected chi connectivity index (χ4v) is 8.30. The van der Waals surface area contributed by atoms with Crippen LogP contribution < -0.4 is 0 Å². The Labute approximate surface area is 354 Å². The monoisotopic (exact) mass is 777 g/mol. The molecular formula is C55H61N4+. The lowest BCUT2D eigenvalue weighted by Gasteiger charge is -2.43. The van der Waals surface area contributed by atoms with E-state index in [1.54, 1.807) is 0 Å². The van der Waals surface area contributed by atoms with E-state index in [0.717, 1.165) is 89.6 Å². The van der Waals surface area contributed by atoms with Gasteiger partial charge < -0.3 is 4.48 Å². The third-order valence-electron chi connectivity index (χ3n) is 11.5. The summed E-state index contributed by atoms with van der Waals surface area (Å²) in [5.41, 5.74) is 9.56. The van der Waals surface area contributed by atoms with E-state index in [1.807, 2.05) is 0 Å². The lowest BCUT2D eigenvalue weighted by molar-refractivity contribution is -0.939. The lowest BCUT2D eigenvalue weighted by atomic mass is 10.1. The molecule has 7 aromatic carbocycles. The molecule has 0 heterocycles. The van der Waals surface area contributed by atoms with Gasteiger partial charge in [-0.1, -0.05) is 212 Å². The zero-order chi connectivity index (χ0) is 40.2. The highest BCUT2D eigenvalue weighted by Gasteiger charge is 2.31. The average molecular weight is 778 g/mol. The average Bonchev–Trinajstić information content (AvgIpc) is 3.29. The molecule has 0 N–H and O–H groups in total. The first-order valence-electron chi connectivity index (χ1n) is 21.5. The van der Waals surface area contributed by atoms with Crippen molar-refractivity contribution in [3.05, 3.63) is 251 Å². The van der Waals surface area contributed by atoms with Crippen LogP contribution in [0.2, 0.25) is 0 Å². The van der Waals surface area contributed by atoms with Crippen molar-refractivity contribution < 1.29 is 4.48 Å². The van der Waals surface area contributed by atoms with Crippen molar-refractivity contribution in [1.82, 2.24) is 14.7 Å². The maximum Gasteiger partial charge on any atom is 0.104 e. The molecule has 0 fully saturated rings. The van der Waals surface area contributed by atoms with Gasteiger partial charge in [0.15, 0.2) is 0 Å². The summed E-state index contributed by atoms with van der Waals surface area (Å²) in [4.78, 5) is 8.04. The molecule has 0 aliphatic carbocycles. The minimum absolute atomic E-state index is 0.920. The predicted molar refractivity (Wildman–Crippen MR) is 246 cm³/mol. The highest BCUT2D eigenvalue weighted by atomic mass is 15.4. The van der Waals surface area contributed by atoms with Crippen molar-refractivity contribution >= 4 is 0 Å². The van der Waals surface area contributed by atoms with Gasteiger partial charge in [-0.2, -0.15) is 0 Å². The largest absolute Gasteiger partial charge is 0.317 e. The molecular weight excluding hydrogens is 717 g/mol. The van der Waals surface area contributed by atoms with Crippen LogP contribution in [0.3, 0.4) is 0 Å². The molecule has 0 unspecified atom stereocenters. The van der Waals surface area contributed by atoms with E-state index in [4.69, 9.17) is 0 Å². The SMILES string of the molecule is c1ccc(CN(CC[N+](CCN(Cc2ccccc2)Cc2ccccc2)(CCN(Cc2ccccc2)Cc2ccccc2)Cc2ccccc2)Cc2ccccc2)cc1. The first kappa shape index (κ1) is 41.5. The van der Waals surface area contributed by atoms with Gasteiger partial charge in [-0.3, -0.25) is 14.7 Å². The summed E-state index contributed by atoms with van der Waals surface area (Å²) < 4.78 is 0.990. The summed E-state index contributed by atoms with van der Waals surface area (Å²) >= 11 is 0. The Morgan fingerprint density at radius 3 is 0.627 bits per heavy atom. The standard InChI is InChI=1S/C55H61N4/c1-8-22-49(23-9-1)42-56(43-50-24-10-2-11-25-50)36-39-59(48-55-34-20-7-21-35-55,40-37-57(44-51-26-12-3-13-27-51)45-52-28-14-4-15-29-52)41-38-58(46-53-30-16-5-17-31-53)47-54-32-18-6-19-33-54/h1-35H,36-48H2/q+1. The summed E-state index contributed by atoms with van der Waals surface area (Å²) in [6.45, 7) is 12.6. The predicted octanol–water partition coefficient (Wildman–Crippen LogP) is 11.1. The van der Waals surface area contributed by atoms with Gasteiger partial charge >= 0.3 is 0 Å². The molecule has 0 saturated heterocycles. The molecule has 0 radical (unpaired) electrons. The smallest absolute Gasteiger partial charge is 0.104 e. The molecule has 0 saturated carbocycles. The minimum atomic E-state index is 0.920. The van der Waals surface area contributed by atoms with Crippen LogP contribution in [0.15, 0.2) is 212 Å². The second-order valence-electron chi connectivity index (χ2n) is 16.2. The van der Waals surface area contributed by atoms with E-state index in [1.165, 1.54) is 38.9 Å². The molecule has 7 aromatic rings. The van der Waals surface area contributed by atoms with E-state index in [0.29, 0.717) is 0 Å². The molecule has 7 rings (SSSR count). The van der Waals surface area contributed by atoms with E-state index in [9.17, 15) is 0 Å². The number of quaternary nitrogens is 1. The van der Waals surface area contributed by atoms with Gasteiger partial charge in [0.25, 0.3) is 0 Å². The van der Waals surface area contributed by atoms with Gasteiger partial charge in [0.2, 0.25) is 0 Å². The minimum Gasteiger partial charge on any atom is -0.317 e. The Bertz CT molecular complexity index is 1810. The fraction of sp³-hybridized carbons (Fsp3) is 0.236. The van der Waals surface area contributed by atoms with Gasteiger partial charge in [-0.25, -0.2) is 0 Å². The van der Waals surface area contributed by atoms with Crippen molar-refractivity contribution in [2.75, 3.05) is 39.3 Å². The van der Waals surface area contributed by atoms with E-state index < -0.39 is 0 Å². The van der Waals surface area contributed by atoms with Crippen LogP contribution in [0, 0.1) is 0 Å². The Morgan fingerprint density at radius 1 is 0.237 bits per heavy atom. The van der Waals surface area contributed by atoms with Gasteiger partial charge in [0.05, 0.1) is 19.6 Å². The Balaban J connectivity index is 1.23. The van der Waals surface area contributed by atoms with Crippen LogP contribution in [0.4, 0.5) is 0 Å². The molecule has 59 heavy (non-hydrogen) atoms. The van der Waals surface area contributed by atoms with Crippen molar-refractivity contribution in [2.45, 2.75) is 45.8 Å².